The molecule has 1 aromatic carbocycles. The van der Waals surface area contributed by atoms with Crippen LogP contribution < -0.4 is 11.1 Å². The SMILES string of the molecule is CC[C@H](N)CNc1ccnc(-c2cc(I)ccc2O)n1. The summed E-state index contributed by atoms with van der Waals surface area (Å²) in [5.74, 6) is 1.38. The van der Waals surface area contributed by atoms with E-state index in [0.717, 1.165) is 9.99 Å². The number of nitrogens with zero attached hydrogens (tertiary/aromatic N) is 2. The van der Waals surface area contributed by atoms with Crippen molar-refractivity contribution in [1.82, 2.24) is 9.97 Å². The third-order valence-corrected chi connectivity index (χ3v) is 3.60. The lowest BCUT2D eigenvalue weighted by Gasteiger charge is -2.11. The molecule has 4 N–H and O–H groups in total. The number of phenols is 1. The predicted molar refractivity (Wildman–Crippen MR) is 88.6 cm³/mol. The number of nitrogens with one attached hydrogen (secondary N) is 1. The van der Waals surface area contributed by atoms with Gasteiger partial charge < -0.3 is 16.2 Å². The summed E-state index contributed by atoms with van der Waals surface area (Å²) in [5.41, 5.74) is 6.49. The standard InChI is InChI=1S/C14H17IN4O/c1-2-10(16)8-18-13-5-6-17-14(19-13)11-7-9(15)3-4-12(11)20/h3-7,10,20H,2,8,16H2,1H3,(H,17,18,19)/t10-/m0/s1. The van der Waals surface area contributed by atoms with Gasteiger partial charge in [-0.3, -0.25) is 0 Å². The van der Waals surface area contributed by atoms with E-state index < -0.39 is 0 Å². The van der Waals surface area contributed by atoms with Gasteiger partial charge in [0.25, 0.3) is 0 Å². The molecule has 0 saturated carbocycles. The Morgan fingerprint density at radius 2 is 2.20 bits per heavy atom. The quantitative estimate of drug-likeness (QED) is 0.691. The van der Waals surface area contributed by atoms with Crippen LogP contribution in [0.1, 0.15) is 13.3 Å². The number of rotatable bonds is 5. The van der Waals surface area contributed by atoms with Crippen molar-refractivity contribution in [3.05, 3.63) is 34.0 Å². The summed E-state index contributed by atoms with van der Waals surface area (Å²) in [7, 11) is 0. The average molecular weight is 384 g/mol. The molecule has 0 aliphatic heterocycles. The molecule has 0 saturated heterocycles. The molecule has 6 heteroatoms. The van der Waals surface area contributed by atoms with E-state index in [1.807, 2.05) is 19.1 Å². The molecule has 2 rings (SSSR count). The Balaban J connectivity index is 2.23. The number of hydrogen-bond acceptors (Lipinski definition) is 5. The number of aromatic hydroxyl groups is 1. The van der Waals surface area contributed by atoms with Crippen molar-refractivity contribution in [2.75, 3.05) is 11.9 Å². The molecular formula is C14H17IN4O. The molecule has 0 spiro atoms. The van der Waals surface area contributed by atoms with Crippen LogP contribution in [-0.4, -0.2) is 27.7 Å². The Morgan fingerprint density at radius 3 is 2.95 bits per heavy atom. The molecule has 1 atom stereocenters. The van der Waals surface area contributed by atoms with Gasteiger partial charge in [0, 0.05) is 22.4 Å². The molecule has 0 amide bonds. The van der Waals surface area contributed by atoms with Crippen molar-refractivity contribution in [2.45, 2.75) is 19.4 Å². The first kappa shape index (κ1) is 15.0. The number of benzene rings is 1. The summed E-state index contributed by atoms with van der Waals surface area (Å²) in [5, 5.41) is 13.1. The summed E-state index contributed by atoms with van der Waals surface area (Å²) >= 11 is 2.19. The smallest absolute Gasteiger partial charge is 0.165 e. The molecule has 5 nitrogen and oxygen atoms in total. The van der Waals surface area contributed by atoms with E-state index in [1.54, 1.807) is 18.3 Å². The first-order chi connectivity index (χ1) is 9.60. The van der Waals surface area contributed by atoms with Gasteiger partial charge in [0.1, 0.15) is 11.6 Å². The fourth-order valence-electron chi connectivity index (χ4n) is 1.65. The molecule has 106 valence electrons. The van der Waals surface area contributed by atoms with E-state index in [1.165, 1.54) is 0 Å². The highest BCUT2D eigenvalue weighted by atomic mass is 127. The fraction of sp³-hybridized carbons (Fsp3) is 0.286. The minimum Gasteiger partial charge on any atom is -0.507 e. The second-order valence-electron chi connectivity index (χ2n) is 4.48. The first-order valence-electron chi connectivity index (χ1n) is 6.41. The van der Waals surface area contributed by atoms with Crippen molar-refractivity contribution in [2.24, 2.45) is 5.73 Å². The molecule has 1 aromatic heterocycles. The van der Waals surface area contributed by atoms with Crippen molar-refractivity contribution in [1.29, 1.82) is 0 Å². The van der Waals surface area contributed by atoms with Crippen LogP contribution in [0.15, 0.2) is 30.5 Å². The maximum Gasteiger partial charge on any atom is 0.165 e. The van der Waals surface area contributed by atoms with Crippen LogP contribution in [0.25, 0.3) is 11.4 Å². The number of anilines is 1. The van der Waals surface area contributed by atoms with E-state index in [0.29, 0.717) is 23.8 Å². The van der Waals surface area contributed by atoms with Crippen molar-refractivity contribution in [3.8, 4) is 17.1 Å². The van der Waals surface area contributed by atoms with Crippen LogP contribution in [0.3, 0.4) is 0 Å². The maximum atomic E-state index is 9.91. The van der Waals surface area contributed by atoms with E-state index in [-0.39, 0.29) is 11.8 Å². The van der Waals surface area contributed by atoms with Gasteiger partial charge in [-0.05, 0) is 53.3 Å². The Bertz CT molecular complexity index is 591. The first-order valence-corrected chi connectivity index (χ1v) is 7.49. The second-order valence-corrected chi connectivity index (χ2v) is 5.72. The zero-order chi connectivity index (χ0) is 14.5. The highest BCUT2D eigenvalue weighted by molar-refractivity contribution is 14.1. The lowest BCUT2D eigenvalue weighted by Crippen LogP contribution is -2.28. The summed E-state index contributed by atoms with van der Waals surface area (Å²) in [6.45, 7) is 2.70. The van der Waals surface area contributed by atoms with Crippen molar-refractivity contribution < 1.29 is 5.11 Å². The summed E-state index contributed by atoms with van der Waals surface area (Å²) < 4.78 is 1.02. The molecule has 0 radical (unpaired) electrons. The van der Waals surface area contributed by atoms with Gasteiger partial charge in [0.05, 0.1) is 5.56 Å². The molecule has 1 heterocycles. The third kappa shape index (κ3) is 3.80. The van der Waals surface area contributed by atoms with Gasteiger partial charge in [-0.25, -0.2) is 9.97 Å². The van der Waals surface area contributed by atoms with Crippen LogP contribution in [-0.2, 0) is 0 Å². The number of hydrogen-bond donors (Lipinski definition) is 3. The largest absolute Gasteiger partial charge is 0.507 e. The van der Waals surface area contributed by atoms with Gasteiger partial charge in [-0.2, -0.15) is 0 Å². The van der Waals surface area contributed by atoms with Crippen molar-refractivity contribution in [3.63, 3.8) is 0 Å². The van der Waals surface area contributed by atoms with Gasteiger partial charge in [0.15, 0.2) is 5.82 Å². The number of nitrogens with two attached hydrogens (primary N) is 1. The topological polar surface area (TPSA) is 84.1 Å². The molecule has 0 aliphatic carbocycles. The van der Waals surface area contributed by atoms with Crippen LogP contribution in [0.5, 0.6) is 5.75 Å². The maximum absolute atomic E-state index is 9.91. The second kappa shape index (κ2) is 6.85. The fourth-order valence-corrected chi connectivity index (χ4v) is 2.15. The molecule has 0 unspecified atom stereocenters. The highest BCUT2D eigenvalue weighted by Gasteiger charge is 2.09. The molecule has 20 heavy (non-hydrogen) atoms. The third-order valence-electron chi connectivity index (χ3n) is 2.92. The Hall–Kier alpha value is -1.41. The number of phenolic OH excluding ortho intramolecular Hbond substituents is 1. The van der Waals surface area contributed by atoms with E-state index in [4.69, 9.17) is 5.73 Å². The van der Waals surface area contributed by atoms with Gasteiger partial charge in [0.2, 0.25) is 0 Å². The number of aromatic nitrogens is 2. The zero-order valence-electron chi connectivity index (χ0n) is 11.2. The zero-order valence-corrected chi connectivity index (χ0v) is 13.3. The predicted octanol–water partition coefficient (Wildman–Crippen LogP) is 2.60. The Kier molecular flexibility index (Phi) is 5.13. The van der Waals surface area contributed by atoms with Gasteiger partial charge in [-0.15, -0.1) is 0 Å². The highest BCUT2D eigenvalue weighted by Crippen LogP contribution is 2.28. The van der Waals surface area contributed by atoms with Crippen molar-refractivity contribution >= 4 is 28.4 Å². The van der Waals surface area contributed by atoms with Gasteiger partial charge in [-0.1, -0.05) is 6.92 Å². The van der Waals surface area contributed by atoms with Crippen LogP contribution in [0.4, 0.5) is 5.82 Å². The molecular weight excluding hydrogens is 367 g/mol. The molecule has 0 bridgehead atoms. The van der Waals surface area contributed by atoms with Crippen LogP contribution in [0, 0.1) is 3.57 Å². The van der Waals surface area contributed by atoms with Gasteiger partial charge >= 0.3 is 0 Å². The number of halogens is 1. The molecule has 2 aromatic rings. The summed E-state index contributed by atoms with van der Waals surface area (Å²) in [4.78, 5) is 8.62. The monoisotopic (exact) mass is 384 g/mol. The Morgan fingerprint density at radius 1 is 1.40 bits per heavy atom. The summed E-state index contributed by atoms with van der Waals surface area (Å²) in [6.07, 6.45) is 2.57. The van der Waals surface area contributed by atoms with Crippen LogP contribution >= 0.6 is 22.6 Å². The van der Waals surface area contributed by atoms with Crippen LogP contribution in [0.2, 0.25) is 0 Å². The minimum atomic E-state index is 0.0968. The van der Waals surface area contributed by atoms with E-state index in [2.05, 4.69) is 37.9 Å². The van der Waals surface area contributed by atoms with E-state index >= 15 is 0 Å². The van der Waals surface area contributed by atoms with E-state index in [9.17, 15) is 5.11 Å². The molecule has 0 aliphatic rings. The normalized spacial score (nSPS) is 12.2. The Labute approximate surface area is 131 Å². The molecule has 0 fully saturated rings. The lowest BCUT2D eigenvalue weighted by atomic mass is 10.2. The lowest BCUT2D eigenvalue weighted by molar-refractivity contribution is 0.477. The average Bonchev–Trinajstić information content (AvgIpc) is 2.47. The minimum absolute atomic E-state index is 0.0968. The summed E-state index contributed by atoms with van der Waals surface area (Å²) in [6, 6.07) is 7.22.